The Balaban J connectivity index is 2.90. The Labute approximate surface area is 111 Å². The SMILES string of the molecule is CC(=O)SCC#Cc1cc(Cl)nc(C(F)(F)F)c1. The maximum absolute atomic E-state index is 12.4. The first kappa shape index (κ1) is 14.9. The maximum atomic E-state index is 12.4. The molecule has 0 saturated heterocycles. The average molecular weight is 294 g/mol. The third-order valence-electron chi connectivity index (χ3n) is 1.66. The van der Waals surface area contributed by atoms with Gasteiger partial charge in [0.15, 0.2) is 5.12 Å². The van der Waals surface area contributed by atoms with Gasteiger partial charge in [0, 0.05) is 12.5 Å². The monoisotopic (exact) mass is 293 g/mol. The van der Waals surface area contributed by atoms with Crippen molar-refractivity contribution >= 4 is 28.5 Å². The number of hydrogen-bond acceptors (Lipinski definition) is 3. The van der Waals surface area contributed by atoms with Crippen molar-refractivity contribution in [3.8, 4) is 11.8 Å². The van der Waals surface area contributed by atoms with Gasteiger partial charge in [0.2, 0.25) is 0 Å². The minimum absolute atomic E-state index is 0.104. The van der Waals surface area contributed by atoms with Crippen LogP contribution >= 0.6 is 23.4 Å². The highest BCUT2D eigenvalue weighted by Crippen LogP contribution is 2.29. The summed E-state index contributed by atoms with van der Waals surface area (Å²) in [5.74, 6) is 5.30. The van der Waals surface area contributed by atoms with E-state index in [0.29, 0.717) is 0 Å². The van der Waals surface area contributed by atoms with Crippen LogP contribution in [0.4, 0.5) is 13.2 Å². The molecule has 18 heavy (non-hydrogen) atoms. The molecule has 0 atom stereocenters. The van der Waals surface area contributed by atoms with Crippen LogP contribution in [0.2, 0.25) is 5.15 Å². The van der Waals surface area contributed by atoms with Crippen molar-refractivity contribution in [2.24, 2.45) is 0 Å². The molecule has 1 rings (SSSR count). The van der Waals surface area contributed by atoms with E-state index in [9.17, 15) is 18.0 Å². The predicted molar refractivity (Wildman–Crippen MR) is 64.3 cm³/mol. The highest BCUT2D eigenvalue weighted by Gasteiger charge is 2.33. The van der Waals surface area contributed by atoms with Crippen LogP contribution in [0.5, 0.6) is 0 Å². The molecule has 0 aromatic carbocycles. The molecule has 0 radical (unpaired) electrons. The van der Waals surface area contributed by atoms with Gasteiger partial charge < -0.3 is 0 Å². The van der Waals surface area contributed by atoms with Crippen molar-refractivity contribution < 1.29 is 18.0 Å². The summed E-state index contributed by atoms with van der Waals surface area (Å²) < 4.78 is 37.3. The van der Waals surface area contributed by atoms with Crippen LogP contribution in [0.25, 0.3) is 0 Å². The molecular weight excluding hydrogens is 287 g/mol. The average Bonchev–Trinajstić information content (AvgIpc) is 2.22. The van der Waals surface area contributed by atoms with Crippen molar-refractivity contribution in [2.75, 3.05) is 5.75 Å². The molecule has 0 amide bonds. The molecule has 0 aliphatic carbocycles. The number of hydrogen-bond donors (Lipinski definition) is 0. The Morgan fingerprint density at radius 1 is 1.50 bits per heavy atom. The molecule has 0 aliphatic rings. The van der Waals surface area contributed by atoms with Gasteiger partial charge in [0.1, 0.15) is 10.8 Å². The molecular formula is C11H7ClF3NOS. The molecule has 96 valence electrons. The first-order chi connectivity index (χ1) is 8.29. The Morgan fingerprint density at radius 3 is 2.72 bits per heavy atom. The van der Waals surface area contributed by atoms with Crippen LogP contribution in [-0.2, 0) is 11.0 Å². The van der Waals surface area contributed by atoms with E-state index in [2.05, 4.69) is 16.8 Å². The molecule has 0 aliphatic heterocycles. The Hall–Kier alpha value is -1.19. The quantitative estimate of drug-likeness (QED) is 0.587. The first-order valence-electron chi connectivity index (χ1n) is 4.66. The Kier molecular flexibility index (Phi) is 5.05. The fraction of sp³-hybridized carbons (Fsp3) is 0.273. The van der Waals surface area contributed by atoms with Crippen LogP contribution < -0.4 is 0 Å². The minimum Gasteiger partial charge on any atom is -0.288 e. The first-order valence-corrected chi connectivity index (χ1v) is 6.02. The van der Waals surface area contributed by atoms with Crippen LogP contribution in [-0.4, -0.2) is 15.9 Å². The lowest BCUT2D eigenvalue weighted by Gasteiger charge is -2.05. The van der Waals surface area contributed by atoms with Gasteiger partial charge in [-0.1, -0.05) is 35.2 Å². The van der Waals surface area contributed by atoms with E-state index >= 15 is 0 Å². The summed E-state index contributed by atoms with van der Waals surface area (Å²) in [7, 11) is 0. The molecule has 1 aromatic heterocycles. The number of nitrogens with zero attached hydrogens (tertiary/aromatic N) is 1. The third kappa shape index (κ3) is 4.98. The Bertz CT molecular complexity index is 519. The summed E-state index contributed by atoms with van der Waals surface area (Å²) in [5.41, 5.74) is -0.968. The molecule has 0 spiro atoms. The number of thioether (sulfide) groups is 1. The van der Waals surface area contributed by atoms with E-state index in [1.54, 1.807) is 0 Å². The van der Waals surface area contributed by atoms with Crippen molar-refractivity contribution in [1.29, 1.82) is 0 Å². The number of carbonyl (C=O) groups is 1. The molecule has 7 heteroatoms. The van der Waals surface area contributed by atoms with Crippen molar-refractivity contribution in [3.63, 3.8) is 0 Å². The second-order valence-corrected chi connectivity index (χ2v) is 4.68. The van der Waals surface area contributed by atoms with Crippen LogP contribution in [0, 0.1) is 11.8 Å². The Morgan fingerprint density at radius 2 is 2.17 bits per heavy atom. The summed E-state index contributed by atoms with van der Waals surface area (Å²) >= 11 is 6.46. The number of rotatable bonds is 1. The lowest BCUT2D eigenvalue weighted by Crippen LogP contribution is -2.08. The molecule has 0 unspecified atom stereocenters. The number of halogens is 4. The van der Waals surface area contributed by atoms with Gasteiger partial charge in [-0.25, -0.2) is 4.98 Å². The molecule has 0 saturated carbocycles. The van der Waals surface area contributed by atoms with Gasteiger partial charge >= 0.3 is 6.18 Å². The van der Waals surface area contributed by atoms with E-state index < -0.39 is 11.9 Å². The number of pyridine rings is 1. The minimum atomic E-state index is -4.56. The van der Waals surface area contributed by atoms with Gasteiger partial charge in [0.05, 0.1) is 5.75 Å². The molecule has 2 nitrogen and oxygen atoms in total. The molecule has 0 bridgehead atoms. The molecule has 1 aromatic rings. The van der Waals surface area contributed by atoms with Crippen LogP contribution in [0.15, 0.2) is 12.1 Å². The van der Waals surface area contributed by atoms with Crippen molar-refractivity contribution in [3.05, 3.63) is 28.5 Å². The van der Waals surface area contributed by atoms with Gasteiger partial charge in [0.25, 0.3) is 0 Å². The summed E-state index contributed by atoms with van der Waals surface area (Å²) in [4.78, 5) is 13.8. The maximum Gasteiger partial charge on any atom is 0.433 e. The zero-order valence-electron chi connectivity index (χ0n) is 9.14. The van der Waals surface area contributed by atoms with Crippen molar-refractivity contribution in [1.82, 2.24) is 4.98 Å². The fourth-order valence-electron chi connectivity index (χ4n) is 0.990. The second-order valence-electron chi connectivity index (χ2n) is 3.14. The van der Waals surface area contributed by atoms with E-state index in [1.807, 2.05) is 0 Å². The zero-order chi connectivity index (χ0) is 13.8. The van der Waals surface area contributed by atoms with Crippen molar-refractivity contribution in [2.45, 2.75) is 13.1 Å². The van der Waals surface area contributed by atoms with Crippen LogP contribution in [0.1, 0.15) is 18.2 Å². The van der Waals surface area contributed by atoms with Gasteiger partial charge in [-0.3, -0.25) is 4.79 Å². The summed E-state index contributed by atoms with van der Waals surface area (Å²) in [6.45, 7) is 1.39. The number of aromatic nitrogens is 1. The van der Waals surface area contributed by atoms with E-state index in [-0.39, 0.29) is 21.6 Å². The third-order valence-corrected chi connectivity index (χ3v) is 2.55. The van der Waals surface area contributed by atoms with E-state index in [4.69, 9.17) is 11.6 Å². The van der Waals surface area contributed by atoms with Crippen LogP contribution in [0.3, 0.4) is 0 Å². The fourth-order valence-corrected chi connectivity index (χ4v) is 1.55. The number of carbonyl (C=O) groups excluding carboxylic acids is 1. The van der Waals surface area contributed by atoms with Gasteiger partial charge in [-0.2, -0.15) is 13.2 Å². The zero-order valence-corrected chi connectivity index (χ0v) is 10.7. The smallest absolute Gasteiger partial charge is 0.288 e. The summed E-state index contributed by atoms with van der Waals surface area (Å²) in [5, 5.41) is -0.374. The topological polar surface area (TPSA) is 30.0 Å². The van der Waals surface area contributed by atoms with Gasteiger partial charge in [-0.15, -0.1) is 0 Å². The molecule has 0 N–H and O–H groups in total. The lowest BCUT2D eigenvalue weighted by atomic mass is 10.2. The number of alkyl halides is 3. The van der Waals surface area contributed by atoms with E-state index in [1.165, 1.54) is 13.0 Å². The summed E-state index contributed by atoms with van der Waals surface area (Å²) in [6, 6.07) is 2.06. The summed E-state index contributed by atoms with van der Waals surface area (Å²) in [6.07, 6.45) is -4.56. The van der Waals surface area contributed by atoms with Gasteiger partial charge in [-0.05, 0) is 12.1 Å². The molecule has 0 fully saturated rings. The second kappa shape index (κ2) is 6.12. The highest BCUT2D eigenvalue weighted by atomic mass is 35.5. The largest absolute Gasteiger partial charge is 0.433 e. The lowest BCUT2D eigenvalue weighted by molar-refractivity contribution is -0.141. The standard InChI is InChI=1S/C11H7ClF3NOS/c1-7(17)18-4-2-3-8-5-9(11(13,14)15)16-10(12)6-8/h5-6H,4H2,1H3. The van der Waals surface area contributed by atoms with E-state index in [0.717, 1.165) is 17.8 Å². The molecule has 1 heterocycles. The highest BCUT2D eigenvalue weighted by molar-refractivity contribution is 8.13. The normalized spacial score (nSPS) is 10.7. The predicted octanol–water partition coefficient (Wildman–Crippen LogP) is 3.39.